The smallest absolute Gasteiger partial charge is 0.171 e. The monoisotopic (exact) mass is 420 g/mol. The third kappa shape index (κ3) is 3.04. The van der Waals surface area contributed by atoms with Crippen LogP contribution in [0.1, 0.15) is 37.3 Å². The molecule has 0 bridgehead atoms. The van der Waals surface area contributed by atoms with E-state index >= 15 is 0 Å². The van der Waals surface area contributed by atoms with E-state index in [4.69, 9.17) is 16.6 Å². The molecule has 0 amide bonds. The number of aromatic nitrogens is 2. The van der Waals surface area contributed by atoms with Crippen molar-refractivity contribution in [3.8, 4) is 10.7 Å². The van der Waals surface area contributed by atoms with Crippen molar-refractivity contribution in [2.45, 2.75) is 31.6 Å². The van der Waals surface area contributed by atoms with Crippen LogP contribution in [0.4, 0.5) is 0 Å². The van der Waals surface area contributed by atoms with Gasteiger partial charge in [0.1, 0.15) is 5.15 Å². The van der Waals surface area contributed by atoms with Crippen molar-refractivity contribution in [1.29, 1.82) is 0 Å². The minimum absolute atomic E-state index is 0.535. The van der Waals surface area contributed by atoms with E-state index in [1.165, 1.54) is 25.7 Å². The number of thiophene rings is 1. The first-order valence-corrected chi connectivity index (χ1v) is 8.91. The predicted octanol–water partition coefficient (Wildman–Crippen LogP) is 6.04. The van der Waals surface area contributed by atoms with E-state index in [1.807, 2.05) is 12.1 Å². The molecule has 0 N–H and O–H groups in total. The van der Waals surface area contributed by atoms with Crippen LogP contribution in [-0.4, -0.2) is 9.97 Å². The first-order chi connectivity index (χ1) is 9.13. The third-order valence-electron chi connectivity index (χ3n) is 3.35. The van der Waals surface area contributed by atoms with E-state index in [0.717, 1.165) is 24.7 Å². The van der Waals surface area contributed by atoms with Crippen molar-refractivity contribution in [2.24, 2.45) is 0 Å². The first-order valence-electron chi connectivity index (χ1n) is 6.13. The fourth-order valence-electron chi connectivity index (χ4n) is 2.43. The van der Waals surface area contributed by atoms with Gasteiger partial charge >= 0.3 is 0 Å². The molecule has 0 unspecified atom stereocenters. The Balaban J connectivity index is 2.01. The SMILES string of the molecule is Clc1cc(C2CCCC2)nc(-c2cc(Br)c(Br)s2)n1. The Bertz CT molecular complexity index is 589. The van der Waals surface area contributed by atoms with E-state index in [2.05, 4.69) is 36.8 Å². The Morgan fingerprint density at radius 1 is 1.16 bits per heavy atom. The molecule has 2 aromatic heterocycles. The Kier molecular flexibility index (Phi) is 4.27. The van der Waals surface area contributed by atoms with Crippen LogP contribution in [0.5, 0.6) is 0 Å². The van der Waals surface area contributed by atoms with Crippen molar-refractivity contribution in [3.05, 3.63) is 31.2 Å². The molecule has 0 spiro atoms. The molecule has 0 aliphatic heterocycles. The zero-order chi connectivity index (χ0) is 13.4. The van der Waals surface area contributed by atoms with Crippen molar-refractivity contribution < 1.29 is 0 Å². The lowest BCUT2D eigenvalue weighted by Crippen LogP contribution is -1.99. The van der Waals surface area contributed by atoms with Crippen molar-refractivity contribution in [3.63, 3.8) is 0 Å². The Morgan fingerprint density at radius 2 is 1.89 bits per heavy atom. The van der Waals surface area contributed by atoms with Gasteiger partial charge < -0.3 is 0 Å². The van der Waals surface area contributed by atoms with Crippen LogP contribution in [0, 0.1) is 0 Å². The molecule has 19 heavy (non-hydrogen) atoms. The molecule has 0 atom stereocenters. The van der Waals surface area contributed by atoms with Gasteiger partial charge in [-0.15, -0.1) is 11.3 Å². The maximum Gasteiger partial charge on any atom is 0.171 e. The quantitative estimate of drug-likeness (QED) is 0.551. The number of nitrogens with zero attached hydrogens (tertiary/aromatic N) is 2. The summed E-state index contributed by atoms with van der Waals surface area (Å²) >= 11 is 14.8. The van der Waals surface area contributed by atoms with E-state index in [9.17, 15) is 0 Å². The highest BCUT2D eigenvalue weighted by atomic mass is 79.9. The molecule has 0 saturated heterocycles. The summed E-state index contributed by atoms with van der Waals surface area (Å²) in [5.41, 5.74) is 1.09. The van der Waals surface area contributed by atoms with Gasteiger partial charge in [-0.2, -0.15) is 0 Å². The van der Waals surface area contributed by atoms with E-state index < -0.39 is 0 Å². The molecule has 0 radical (unpaired) electrons. The van der Waals surface area contributed by atoms with Gasteiger partial charge in [0.15, 0.2) is 5.82 Å². The van der Waals surface area contributed by atoms with Crippen LogP contribution in [-0.2, 0) is 0 Å². The minimum atomic E-state index is 0.535. The van der Waals surface area contributed by atoms with Crippen molar-refractivity contribution in [2.75, 3.05) is 0 Å². The van der Waals surface area contributed by atoms with Crippen LogP contribution in [0.3, 0.4) is 0 Å². The fraction of sp³-hybridized carbons (Fsp3) is 0.385. The molecule has 1 aliphatic carbocycles. The lowest BCUT2D eigenvalue weighted by molar-refractivity contribution is 0.695. The number of halogens is 3. The Morgan fingerprint density at radius 3 is 2.53 bits per heavy atom. The Labute approximate surface area is 137 Å². The number of hydrogen-bond donors (Lipinski definition) is 0. The molecule has 3 rings (SSSR count). The zero-order valence-corrected chi connectivity index (χ0v) is 14.7. The highest BCUT2D eigenvalue weighted by molar-refractivity contribution is 9.13. The maximum atomic E-state index is 6.15. The second kappa shape index (κ2) is 5.80. The maximum absolute atomic E-state index is 6.15. The number of hydrogen-bond acceptors (Lipinski definition) is 3. The van der Waals surface area contributed by atoms with Gasteiger partial charge in [-0.3, -0.25) is 0 Å². The average molecular weight is 423 g/mol. The van der Waals surface area contributed by atoms with Gasteiger partial charge in [-0.1, -0.05) is 24.4 Å². The molecular weight excluding hydrogens is 411 g/mol. The van der Waals surface area contributed by atoms with Gasteiger partial charge in [0, 0.05) is 16.1 Å². The molecular formula is C13H11Br2ClN2S. The van der Waals surface area contributed by atoms with Crippen LogP contribution < -0.4 is 0 Å². The molecule has 2 nitrogen and oxygen atoms in total. The summed E-state index contributed by atoms with van der Waals surface area (Å²) in [6.45, 7) is 0. The second-order valence-electron chi connectivity index (χ2n) is 4.65. The molecule has 2 heterocycles. The van der Waals surface area contributed by atoms with Crippen molar-refractivity contribution >= 4 is 54.8 Å². The standard InChI is InChI=1S/C13H11Br2ClN2S/c14-8-5-10(19-12(8)15)13-17-9(6-11(16)18-13)7-3-1-2-4-7/h5-7H,1-4H2. The predicted molar refractivity (Wildman–Crippen MR) is 87.0 cm³/mol. The highest BCUT2D eigenvalue weighted by Gasteiger charge is 2.20. The summed E-state index contributed by atoms with van der Waals surface area (Å²) in [5.74, 6) is 1.27. The van der Waals surface area contributed by atoms with Gasteiger partial charge in [0.2, 0.25) is 0 Å². The molecule has 1 fully saturated rings. The van der Waals surface area contributed by atoms with Gasteiger partial charge in [0.05, 0.1) is 8.66 Å². The van der Waals surface area contributed by atoms with Gasteiger partial charge in [-0.05, 0) is 56.8 Å². The van der Waals surface area contributed by atoms with Crippen LogP contribution in [0.2, 0.25) is 5.15 Å². The zero-order valence-electron chi connectivity index (χ0n) is 10.00. The summed E-state index contributed by atoms with van der Waals surface area (Å²) in [6, 6.07) is 3.94. The van der Waals surface area contributed by atoms with Crippen LogP contribution in [0.25, 0.3) is 10.7 Å². The summed E-state index contributed by atoms with van der Waals surface area (Å²) in [4.78, 5) is 10.1. The summed E-state index contributed by atoms with van der Waals surface area (Å²) < 4.78 is 2.08. The Hall–Kier alpha value is 0.0300. The van der Waals surface area contributed by atoms with Crippen molar-refractivity contribution in [1.82, 2.24) is 9.97 Å². The molecule has 1 saturated carbocycles. The summed E-state index contributed by atoms with van der Waals surface area (Å²) in [7, 11) is 0. The third-order valence-corrected chi connectivity index (χ3v) is 6.80. The average Bonchev–Trinajstić information content (AvgIpc) is 3.00. The van der Waals surface area contributed by atoms with Gasteiger partial charge in [-0.25, -0.2) is 9.97 Å². The molecule has 2 aromatic rings. The molecule has 0 aromatic carbocycles. The van der Waals surface area contributed by atoms with Crippen LogP contribution >= 0.6 is 54.8 Å². The van der Waals surface area contributed by atoms with E-state index in [-0.39, 0.29) is 0 Å². The molecule has 6 heteroatoms. The summed E-state index contributed by atoms with van der Waals surface area (Å²) in [5, 5.41) is 0.535. The normalized spacial score (nSPS) is 16.2. The lowest BCUT2D eigenvalue weighted by atomic mass is 10.0. The van der Waals surface area contributed by atoms with Crippen LogP contribution in [0.15, 0.2) is 20.4 Å². The van der Waals surface area contributed by atoms with E-state index in [0.29, 0.717) is 11.1 Å². The fourth-order valence-corrected chi connectivity index (χ4v) is 4.59. The highest BCUT2D eigenvalue weighted by Crippen LogP contribution is 2.39. The van der Waals surface area contributed by atoms with E-state index in [1.54, 1.807) is 11.3 Å². The molecule has 100 valence electrons. The molecule has 1 aliphatic rings. The minimum Gasteiger partial charge on any atom is -0.232 e. The topological polar surface area (TPSA) is 25.8 Å². The largest absolute Gasteiger partial charge is 0.232 e. The number of rotatable bonds is 2. The first kappa shape index (κ1) is 14.0. The summed E-state index contributed by atoms with van der Waals surface area (Å²) in [6.07, 6.45) is 5.00. The second-order valence-corrected chi connectivity index (χ2v) is 8.26. The van der Waals surface area contributed by atoms with Gasteiger partial charge in [0.25, 0.3) is 0 Å². The lowest BCUT2D eigenvalue weighted by Gasteiger charge is -2.09.